The van der Waals surface area contributed by atoms with Crippen molar-refractivity contribution >= 4 is 5.91 Å². The summed E-state index contributed by atoms with van der Waals surface area (Å²) in [7, 11) is 1.50. The van der Waals surface area contributed by atoms with Crippen molar-refractivity contribution in [2.45, 2.75) is 19.4 Å². The zero-order chi connectivity index (χ0) is 23.9. The van der Waals surface area contributed by atoms with Gasteiger partial charge in [-0.3, -0.25) is 9.59 Å². The Bertz CT molecular complexity index is 1210. The Balaban J connectivity index is 1.42. The molecule has 1 aromatic heterocycles. The summed E-state index contributed by atoms with van der Waals surface area (Å²) in [5.74, 6) is 0.788. The fourth-order valence-electron chi connectivity index (χ4n) is 3.57. The second-order valence-electron chi connectivity index (χ2n) is 7.73. The predicted octanol–water partition coefficient (Wildman–Crippen LogP) is 2.35. The number of H-pyrrole nitrogens is 1. The van der Waals surface area contributed by atoms with Gasteiger partial charge in [0.2, 0.25) is 5.91 Å². The van der Waals surface area contributed by atoms with Crippen LogP contribution in [0.4, 0.5) is 4.39 Å². The lowest BCUT2D eigenvalue weighted by molar-refractivity contribution is -0.135. The zero-order valence-electron chi connectivity index (χ0n) is 18.8. The number of carbonyl (C=O) groups is 1. The molecule has 0 saturated carbocycles. The molecule has 0 bridgehead atoms. The molecule has 178 valence electrons. The van der Waals surface area contributed by atoms with Crippen LogP contribution in [0.3, 0.4) is 0 Å². The lowest BCUT2D eigenvalue weighted by Gasteiger charge is -2.26. The Morgan fingerprint density at radius 3 is 2.71 bits per heavy atom. The number of aromatic nitrogens is 3. The standard InChI is InChI=1S/C24H25FN4O5/c1-32-21-14-17(5-7-20(21)34-15-16-3-2-4-18(25)13-16)23-26-24(31)19(27-28-23)6-8-22(30)29-9-11-33-12-10-29/h2-5,7,13-14H,6,8-12,15H2,1H3,(H,26,28,31). The first-order valence-corrected chi connectivity index (χ1v) is 10.9. The van der Waals surface area contributed by atoms with Gasteiger partial charge in [0.25, 0.3) is 5.56 Å². The molecule has 0 atom stereocenters. The Labute approximate surface area is 195 Å². The van der Waals surface area contributed by atoms with Gasteiger partial charge in [0.1, 0.15) is 18.1 Å². The van der Waals surface area contributed by atoms with Crippen LogP contribution in [0.25, 0.3) is 11.4 Å². The van der Waals surface area contributed by atoms with Gasteiger partial charge in [0.05, 0.1) is 20.3 Å². The molecule has 0 spiro atoms. The van der Waals surface area contributed by atoms with Gasteiger partial charge in [-0.2, -0.15) is 0 Å². The minimum Gasteiger partial charge on any atom is -0.493 e. The van der Waals surface area contributed by atoms with Gasteiger partial charge in [0.15, 0.2) is 17.3 Å². The molecule has 3 aromatic rings. The molecule has 10 heteroatoms. The first-order chi connectivity index (χ1) is 16.5. The predicted molar refractivity (Wildman–Crippen MR) is 121 cm³/mol. The molecular formula is C24H25FN4O5. The number of nitrogens with one attached hydrogen (secondary N) is 1. The Morgan fingerprint density at radius 1 is 1.15 bits per heavy atom. The SMILES string of the molecule is COc1cc(-c2nnc(CCC(=O)N3CCOCC3)c(=O)[nH]2)ccc1OCc1cccc(F)c1. The molecule has 0 unspecified atom stereocenters. The average molecular weight is 468 g/mol. The summed E-state index contributed by atoms with van der Waals surface area (Å²) in [6.07, 6.45) is 0.386. The number of carbonyl (C=O) groups excluding carboxylic acids is 1. The molecule has 1 saturated heterocycles. The number of halogens is 1. The topological polar surface area (TPSA) is 107 Å². The normalized spacial score (nSPS) is 13.5. The molecule has 0 aliphatic carbocycles. The fourth-order valence-corrected chi connectivity index (χ4v) is 3.57. The molecular weight excluding hydrogens is 443 g/mol. The van der Waals surface area contributed by atoms with E-state index >= 15 is 0 Å². The summed E-state index contributed by atoms with van der Waals surface area (Å²) >= 11 is 0. The third-order valence-electron chi connectivity index (χ3n) is 5.42. The first-order valence-electron chi connectivity index (χ1n) is 10.9. The highest BCUT2D eigenvalue weighted by Crippen LogP contribution is 2.31. The Hall–Kier alpha value is -3.79. The van der Waals surface area contributed by atoms with E-state index in [0.717, 1.165) is 0 Å². The number of hydrogen-bond donors (Lipinski definition) is 1. The van der Waals surface area contributed by atoms with Gasteiger partial charge < -0.3 is 24.1 Å². The molecule has 1 fully saturated rings. The molecule has 1 aliphatic heterocycles. The van der Waals surface area contributed by atoms with E-state index in [-0.39, 0.29) is 42.7 Å². The number of benzene rings is 2. The highest BCUT2D eigenvalue weighted by atomic mass is 19.1. The van der Waals surface area contributed by atoms with Crippen molar-refractivity contribution in [3.05, 3.63) is 69.9 Å². The van der Waals surface area contributed by atoms with Crippen LogP contribution in [0, 0.1) is 5.82 Å². The maximum atomic E-state index is 13.4. The quantitative estimate of drug-likeness (QED) is 0.541. The first kappa shape index (κ1) is 23.4. The van der Waals surface area contributed by atoms with Crippen LogP contribution in [-0.2, 0) is 22.6 Å². The van der Waals surface area contributed by atoms with Crippen LogP contribution in [0.1, 0.15) is 17.7 Å². The molecule has 0 radical (unpaired) electrons. The van der Waals surface area contributed by atoms with Gasteiger partial charge in [-0.05, 0) is 35.9 Å². The monoisotopic (exact) mass is 468 g/mol. The number of rotatable bonds is 8. The van der Waals surface area contributed by atoms with E-state index in [2.05, 4.69) is 15.2 Å². The van der Waals surface area contributed by atoms with E-state index in [0.29, 0.717) is 48.9 Å². The zero-order valence-corrected chi connectivity index (χ0v) is 18.8. The Morgan fingerprint density at radius 2 is 1.97 bits per heavy atom. The summed E-state index contributed by atoms with van der Waals surface area (Å²) in [5.41, 5.74) is 1.07. The number of methoxy groups -OCH3 is 1. The van der Waals surface area contributed by atoms with Crippen LogP contribution in [0.15, 0.2) is 47.3 Å². The molecule has 1 amide bonds. The fraction of sp³-hybridized carbons (Fsp3) is 0.333. The van der Waals surface area contributed by atoms with Crippen LogP contribution < -0.4 is 15.0 Å². The molecule has 34 heavy (non-hydrogen) atoms. The summed E-state index contributed by atoms with van der Waals surface area (Å²) < 4.78 is 29.8. The van der Waals surface area contributed by atoms with Crippen molar-refractivity contribution < 1.29 is 23.4 Å². The van der Waals surface area contributed by atoms with Gasteiger partial charge in [-0.1, -0.05) is 12.1 Å². The van der Waals surface area contributed by atoms with Crippen LogP contribution in [0.2, 0.25) is 0 Å². The summed E-state index contributed by atoms with van der Waals surface area (Å²) in [4.78, 5) is 29.3. The maximum absolute atomic E-state index is 13.4. The number of hydrogen-bond acceptors (Lipinski definition) is 7. The number of aryl methyl sites for hydroxylation is 1. The van der Waals surface area contributed by atoms with Crippen molar-refractivity contribution in [1.82, 2.24) is 20.1 Å². The van der Waals surface area contributed by atoms with Crippen molar-refractivity contribution in [3.8, 4) is 22.9 Å². The van der Waals surface area contributed by atoms with Crippen molar-refractivity contribution in [2.75, 3.05) is 33.4 Å². The van der Waals surface area contributed by atoms with Gasteiger partial charge in [-0.15, -0.1) is 10.2 Å². The minimum absolute atomic E-state index is 0.0351. The average Bonchev–Trinajstić information content (AvgIpc) is 2.87. The molecule has 1 N–H and O–H groups in total. The lowest BCUT2D eigenvalue weighted by atomic mass is 10.2. The third kappa shape index (κ3) is 5.76. The minimum atomic E-state index is -0.398. The van der Waals surface area contributed by atoms with Crippen molar-refractivity contribution in [2.24, 2.45) is 0 Å². The van der Waals surface area contributed by atoms with E-state index in [1.165, 1.54) is 19.2 Å². The van der Waals surface area contributed by atoms with E-state index in [1.54, 1.807) is 35.2 Å². The molecule has 2 heterocycles. The number of morpholine rings is 1. The summed E-state index contributed by atoms with van der Waals surface area (Å²) in [6, 6.07) is 11.2. The molecule has 4 rings (SSSR count). The molecule has 1 aliphatic rings. The van der Waals surface area contributed by atoms with E-state index in [1.807, 2.05) is 0 Å². The largest absolute Gasteiger partial charge is 0.493 e. The van der Waals surface area contributed by atoms with Gasteiger partial charge in [0, 0.05) is 31.5 Å². The van der Waals surface area contributed by atoms with E-state index < -0.39 is 5.56 Å². The van der Waals surface area contributed by atoms with Crippen LogP contribution >= 0.6 is 0 Å². The van der Waals surface area contributed by atoms with Gasteiger partial charge >= 0.3 is 0 Å². The van der Waals surface area contributed by atoms with Crippen molar-refractivity contribution in [1.29, 1.82) is 0 Å². The smallest absolute Gasteiger partial charge is 0.273 e. The summed E-state index contributed by atoms with van der Waals surface area (Å²) in [5, 5.41) is 8.16. The van der Waals surface area contributed by atoms with E-state index in [9.17, 15) is 14.0 Å². The highest BCUT2D eigenvalue weighted by molar-refractivity contribution is 5.76. The lowest BCUT2D eigenvalue weighted by Crippen LogP contribution is -2.41. The summed E-state index contributed by atoms with van der Waals surface area (Å²) in [6.45, 7) is 2.34. The second kappa shape index (κ2) is 10.9. The van der Waals surface area contributed by atoms with E-state index in [4.69, 9.17) is 14.2 Å². The second-order valence-corrected chi connectivity index (χ2v) is 7.73. The maximum Gasteiger partial charge on any atom is 0.273 e. The van der Waals surface area contributed by atoms with Gasteiger partial charge in [-0.25, -0.2) is 4.39 Å². The molecule has 2 aromatic carbocycles. The number of aromatic amines is 1. The van der Waals surface area contributed by atoms with Crippen molar-refractivity contribution in [3.63, 3.8) is 0 Å². The van der Waals surface area contributed by atoms with Crippen LogP contribution in [-0.4, -0.2) is 59.4 Å². The third-order valence-corrected chi connectivity index (χ3v) is 5.42. The highest BCUT2D eigenvalue weighted by Gasteiger charge is 2.18. The molecule has 9 nitrogen and oxygen atoms in total. The number of nitrogens with zero attached hydrogens (tertiary/aromatic N) is 3. The Kier molecular flexibility index (Phi) is 7.48. The van der Waals surface area contributed by atoms with Crippen LogP contribution in [0.5, 0.6) is 11.5 Å². The number of ether oxygens (including phenoxy) is 3. The number of amides is 1.